The van der Waals surface area contributed by atoms with Gasteiger partial charge in [-0.3, -0.25) is 9.52 Å². The summed E-state index contributed by atoms with van der Waals surface area (Å²) >= 11 is 0. The highest BCUT2D eigenvalue weighted by molar-refractivity contribution is 7.92. The van der Waals surface area contributed by atoms with Crippen LogP contribution in [0.5, 0.6) is 17.2 Å². The fourth-order valence-electron chi connectivity index (χ4n) is 3.06. The molecule has 0 aromatic heterocycles. The normalized spacial score (nSPS) is 10.8. The predicted octanol–water partition coefficient (Wildman–Crippen LogP) is 3.69. The van der Waals surface area contributed by atoms with Crippen LogP contribution in [0.4, 0.5) is 11.4 Å². The monoisotopic (exact) mass is 456 g/mol. The number of amides is 1. The molecule has 3 rings (SSSR count). The lowest BCUT2D eigenvalue weighted by Crippen LogP contribution is -2.17. The maximum absolute atomic E-state index is 13.0. The van der Waals surface area contributed by atoms with E-state index < -0.39 is 10.0 Å². The van der Waals surface area contributed by atoms with E-state index >= 15 is 0 Å². The van der Waals surface area contributed by atoms with E-state index in [1.54, 1.807) is 42.5 Å². The molecule has 0 heterocycles. The number of hydrogen-bond acceptors (Lipinski definition) is 6. The van der Waals surface area contributed by atoms with Crippen LogP contribution >= 0.6 is 0 Å². The van der Waals surface area contributed by atoms with Gasteiger partial charge < -0.3 is 19.5 Å². The van der Waals surface area contributed by atoms with Crippen molar-refractivity contribution in [3.8, 4) is 17.2 Å². The minimum Gasteiger partial charge on any atom is -0.497 e. The van der Waals surface area contributed by atoms with E-state index in [1.807, 2.05) is 12.1 Å². The summed E-state index contributed by atoms with van der Waals surface area (Å²) in [5.41, 5.74) is 1.40. The molecule has 0 aliphatic heterocycles. The van der Waals surface area contributed by atoms with E-state index in [-0.39, 0.29) is 23.0 Å². The molecule has 0 atom stereocenters. The van der Waals surface area contributed by atoms with Gasteiger partial charge in [-0.25, -0.2) is 8.42 Å². The third-order valence-corrected chi connectivity index (χ3v) is 6.03. The summed E-state index contributed by atoms with van der Waals surface area (Å²) in [7, 11) is 0.446. The Morgan fingerprint density at radius 3 is 2.12 bits per heavy atom. The molecular formula is C23H24N2O6S. The number of benzene rings is 3. The summed E-state index contributed by atoms with van der Waals surface area (Å²) in [6.07, 6.45) is 0.0717. The van der Waals surface area contributed by atoms with Crippen molar-refractivity contribution in [1.82, 2.24) is 0 Å². The third kappa shape index (κ3) is 5.50. The first-order valence-electron chi connectivity index (χ1n) is 9.63. The molecule has 3 aromatic carbocycles. The van der Waals surface area contributed by atoms with Gasteiger partial charge in [0.05, 0.1) is 27.8 Å². The molecule has 168 valence electrons. The Balaban J connectivity index is 1.81. The molecule has 0 fully saturated rings. The van der Waals surface area contributed by atoms with Gasteiger partial charge in [-0.1, -0.05) is 18.2 Å². The molecule has 0 aliphatic rings. The number of rotatable bonds is 9. The molecule has 0 radical (unpaired) electrons. The number of para-hydroxylation sites is 1. The fourth-order valence-corrected chi connectivity index (χ4v) is 4.32. The molecule has 0 bridgehead atoms. The van der Waals surface area contributed by atoms with E-state index in [0.29, 0.717) is 22.9 Å². The van der Waals surface area contributed by atoms with Gasteiger partial charge in [0.1, 0.15) is 22.1 Å². The van der Waals surface area contributed by atoms with Gasteiger partial charge in [0, 0.05) is 16.9 Å². The van der Waals surface area contributed by atoms with E-state index in [4.69, 9.17) is 14.2 Å². The molecule has 0 saturated carbocycles. The Morgan fingerprint density at radius 2 is 1.47 bits per heavy atom. The molecular weight excluding hydrogens is 432 g/mol. The molecule has 9 heteroatoms. The zero-order valence-electron chi connectivity index (χ0n) is 17.9. The quantitative estimate of drug-likeness (QED) is 0.509. The second-order valence-corrected chi connectivity index (χ2v) is 8.39. The standard InChI is InChI=1S/C23H24N2O6S/c1-29-19-11-8-17(9-12-19)25-32(27,28)22-15-18(10-13-21(22)31-3)24-23(26)14-16-6-4-5-7-20(16)30-2/h4-13,15,25H,14H2,1-3H3,(H,24,26). The van der Waals surface area contributed by atoms with Crippen LogP contribution in [0.3, 0.4) is 0 Å². The molecule has 1 amide bonds. The lowest BCUT2D eigenvalue weighted by molar-refractivity contribution is -0.115. The van der Waals surface area contributed by atoms with Crippen molar-refractivity contribution in [3.63, 3.8) is 0 Å². The number of carbonyl (C=O) groups excluding carboxylic acids is 1. The van der Waals surface area contributed by atoms with Gasteiger partial charge in [0.25, 0.3) is 10.0 Å². The summed E-state index contributed by atoms with van der Waals surface area (Å²) < 4.78 is 44.1. The van der Waals surface area contributed by atoms with Crippen molar-refractivity contribution in [2.75, 3.05) is 31.4 Å². The van der Waals surface area contributed by atoms with Crippen molar-refractivity contribution >= 4 is 27.3 Å². The van der Waals surface area contributed by atoms with Gasteiger partial charge >= 0.3 is 0 Å². The van der Waals surface area contributed by atoms with E-state index in [2.05, 4.69) is 10.0 Å². The summed E-state index contributed by atoms with van der Waals surface area (Å²) in [5, 5.41) is 2.73. The molecule has 8 nitrogen and oxygen atoms in total. The molecule has 0 saturated heterocycles. The smallest absolute Gasteiger partial charge is 0.265 e. The average molecular weight is 457 g/mol. The van der Waals surface area contributed by atoms with Crippen LogP contribution in [0.25, 0.3) is 0 Å². The molecule has 0 spiro atoms. The second-order valence-electron chi connectivity index (χ2n) is 6.74. The SMILES string of the molecule is COc1ccc(NS(=O)(=O)c2cc(NC(=O)Cc3ccccc3OC)ccc2OC)cc1. The minimum atomic E-state index is -3.99. The summed E-state index contributed by atoms with van der Waals surface area (Å²) in [4.78, 5) is 12.4. The molecule has 3 aromatic rings. The number of methoxy groups -OCH3 is 3. The highest BCUT2D eigenvalue weighted by Crippen LogP contribution is 2.29. The Kier molecular flexibility index (Phi) is 7.21. The van der Waals surface area contributed by atoms with Gasteiger partial charge in [0.15, 0.2) is 0 Å². The number of carbonyl (C=O) groups is 1. The number of ether oxygens (including phenoxy) is 3. The summed E-state index contributed by atoms with van der Waals surface area (Å²) in [6, 6.07) is 18.1. The Bertz CT molecular complexity index is 1190. The molecule has 2 N–H and O–H groups in total. The summed E-state index contributed by atoms with van der Waals surface area (Å²) in [6.45, 7) is 0. The van der Waals surface area contributed by atoms with Crippen molar-refractivity contribution in [1.29, 1.82) is 0 Å². The van der Waals surface area contributed by atoms with Crippen LogP contribution in [0.15, 0.2) is 71.6 Å². The van der Waals surface area contributed by atoms with Crippen molar-refractivity contribution in [2.24, 2.45) is 0 Å². The number of hydrogen-bond donors (Lipinski definition) is 2. The van der Waals surface area contributed by atoms with E-state index in [0.717, 1.165) is 5.56 Å². The Labute approximate surface area is 187 Å². The largest absolute Gasteiger partial charge is 0.497 e. The lowest BCUT2D eigenvalue weighted by atomic mass is 10.1. The highest BCUT2D eigenvalue weighted by Gasteiger charge is 2.21. The first-order chi connectivity index (χ1) is 15.4. The fraction of sp³-hybridized carbons (Fsp3) is 0.174. The van der Waals surface area contributed by atoms with Gasteiger partial charge in [-0.15, -0.1) is 0 Å². The number of sulfonamides is 1. The predicted molar refractivity (Wildman–Crippen MR) is 122 cm³/mol. The average Bonchev–Trinajstić information content (AvgIpc) is 2.79. The number of nitrogens with one attached hydrogen (secondary N) is 2. The van der Waals surface area contributed by atoms with Crippen LogP contribution in [-0.4, -0.2) is 35.7 Å². The maximum atomic E-state index is 13.0. The summed E-state index contributed by atoms with van der Waals surface area (Å²) in [5.74, 6) is 1.04. The topological polar surface area (TPSA) is 103 Å². The first kappa shape index (κ1) is 23.0. The minimum absolute atomic E-state index is 0.0717. The van der Waals surface area contributed by atoms with Crippen LogP contribution in [-0.2, 0) is 21.2 Å². The molecule has 0 unspecified atom stereocenters. The van der Waals surface area contributed by atoms with Crippen molar-refractivity contribution < 1.29 is 27.4 Å². The van der Waals surface area contributed by atoms with Gasteiger partial charge in [-0.2, -0.15) is 0 Å². The van der Waals surface area contributed by atoms with Crippen molar-refractivity contribution in [2.45, 2.75) is 11.3 Å². The molecule has 32 heavy (non-hydrogen) atoms. The van der Waals surface area contributed by atoms with E-state index in [9.17, 15) is 13.2 Å². The zero-order valence-corrected chi connectivity index (χ0v) is 18.7. The third-order valence-electron chi connectivity index (χ3n) is 4.62. The maximum Gasteiger partial charge on any atom is 0.265 e. The Morgan fingerprint density at radius 1 is 0.812 bits per heavy atom. The molecule has 0 aliphatic carbocycles. The van der Waals surface area contributed by atoms with Gasteiger partial charge in [-0.05, 0) is 48.5 Å². The van der Waals surface area contributed by atoms with Crippen LogP contribution < -0.4 is 24.2 Å². The lowest BCUT2D eigenvalue weighted by Gasteiger charge is -2.14. The first-order valence-corrected chi connectivity index (χ1v) is 11.1. The van der Waals surface area contributed by atoms with Crippen LogP contribution in [0.1, 0.15) is 5.56 Å². The zero-order chi connectivity index (χ0) is 23.1. The van der Waals surface area contributed by atoms with Crippen LogP contribution in [0.2, 0.25) is 0 Å². The van der Waals surface area contributed by atoms with E-state index in [1.165, 1.54) is 33.5 Å². The van der Waals surface area contributed by atoms with Crippen molar-refractivity contribution in [3.05, 3.63) is 72.3 Å². The van der Waals surface area contributed by atoms with Gasteiger partial charge in [0.2, 0.25) is 5.91 Å². The van der Waals surface area contributed by atoms with Crippen LogP contribution in [0, 0.1) is 0 Å². The second kappa shape index (κ2) is 10.1. The Hall–Kier alpha value is -3.72. The highest BCUT2D eigenvalue weighted by atomic mass is 32.2. The number of anilines is 2.